The van der Waals surface area contributed by atoms with Crippen molar-refractivity contribution in [3.05, 3.63) is 63.5 Å². The van der Waals surface area contributed by atoms with Gasteiger partial charge in [0.2, 0.25) is 0 Å². The number of carboxylic acid groups (broad SMARTS) is 1. The third kappa shape index (κ3) is 4.04. The highest BCUT2D eigenvalue weighted by Gasteiger charge is 2.35. The molecule has 156 valence electrons. The Morgan fingerprint density at radius 1 is 1.20 bits per heavy atom. The van der Waals surface area contributed by atoms with Crippen molar-refractivity contribution in [2.45, 2.75) is 18.9 Å². The molecule has 0 aliphatic heterocycles. The van der Waals surface area contributed by atoms with Gasteiger partial charge >= 0.3 is 5.97 Å². The number of para-hydroxylation sites is 2. The van der Waals surface area contributed by atoms with Crippen LogP contribution in [0.3, 0.4) is 0 Å². The van der Waals surface area contributed by atoms with E-state index in [0.29, 0.717) is 18.2 Å². The fourth-order valence-corrected chi connectivity index (χ4v) is 3.60. The summed E-state index contributed by atoms with van der Waals surface area (Å²) >= 11 is 6.15. The van der Waals surface area contributed by atoms with E-state index in [2.05, 4.69) is 0 Å². The van der Waals surface area contributed by atoms with Crippen molar-refractivity contribution >= 4 is 28.5 Å². The molecule has 1 saturated carbocycles. The van der Waals surface area contributed by atoms with Gasteiger partial charge in [0, 0.05) is 6.07 Å². The first-order valence-electron chi connectivity index (χ1n) is 9.42. The van der Waals surface area contributed by atoms with E-state index in [9.17, 15) is 14.0 Å². The molecule has 30 heavy (non-hydrogen) atoms. The number of rotatable bonds is 7. The highest BCUT2D eigenvalue weighted by Crippen LogP contribution is 2.35. The maximum Gasteiger partial charge on any atom is 0.306 e. The van der Waals surface area contributed by atoms with Crippen LogP contribution >= 0.6 is 11.6 Å². The van der Waals surface area contributed by atoms with Gasteiger partial charge in [-0.15, -0.1) is 0 Å². The average molecular weight is 433 g/mol. The summed E-state index contributed by atoms with van der Waals surface area (Å²) in [5.41, 5.74) is 0.201. The zero-order chi connectivity index (χ0) is 21.3. The molecule has 8 heteroatoms. The van der Waals surface area contributed by atoms with E-state index in [1.165, 1.54) is 18.2 Å². The molecule has 1 heterocycles. The number of hydrogen-bond donors (Lipinski definition) is 1. The summed E-state index contributed by atoms with van der Waals surface area (Å²) in [6.45, 7) is 0.235. The Bertz CT molecular complexity index is 1150. The maximum atomic E-state index is 14.5. The molecule has 0 bridgehead atoms. The lowest BCUT2D eigenvalue weighted by atomic mass is 9.82. The minimum absolute atomic E-state index is 0.0563. The number of benzene rings is 2. The largest absolute Gasteiger partial charge is 0.487 e. The molecule has 6 nitrogen and oxygen atoms in total. The van der Waals surface area contributed by atoms with Crippen molar-refractivity contribution < 1.29 is 28.2 Å². The first kappa shape index (κ1) is 20.4. The molecule has 1 aliphatic carbocycles. The van der Waals surface area contributed by atoms with E-state index in [-0.39, 0.29) is 58.3 Å². The molecule has 2 aromatic carbocycles. The number of halogens is 2. The van der Waals surface area contributed by atoms with E-state index in [1.807, 2.05) is 0 Å². The van der Waals surface area contributed by atoms with Crippen LogP contribution in [0.1, 0.15) is 12.8 Å². The van der Waals surface area contributed by atoms with Gasteiger partial charge in [-0.3, -0.25) is 9.59 Å². The van der Waals surface area contributed by atoms with Crippen molar-refractivity contribution in [3.8, 4) is 17.1 Å². The third-order valence-electron chi connectivity index (χ3n) is 5.07. The molecule has 0 spiro atoms. The first-order valence-corrected chi connectivity index (χ1v) is 9.80. The van der Waals surface area contributed by atoms with Gasteiger partial charge in [0.1, 0.15) is 12.4 Å². The molecular formula is C22H18ClFO6. The van der Waals surface area contributed by atoms with E-state index >= 15 is 0 Å². The van der Waals surface area contributed by atoms with Gasteiger partial charge in [0.25, 0.3) is 0 Å². The van der Waals surface area contributed by atoms with Gasteiger partial charge in [0.05, 0.1) is 34.6 Å². The van der Waals surface area contributed by atoms with E-state index in [4.69, 9.17) is 30.6 Å². The van der Waals surface area contributed by atoms with E-state index in [0.717, 1.165) is 0 Å². The Hall–Kier alpha value is -2.90. The van der Waals surface area contributed by atoms with Gasteiger partial charge in [-0.2, -0.15) is 0 Å². The summed E-state index contributed by atoms with van der Waals surface area (Å²) < 4.78 is 31.4. The first-order chi connectivity index (χ1) is 14.4. The second kappa shape index (κ2) is 8.45. The lowest BCUT2D eigenvalue weighted by molar-refractivity contribution is -0.151. The molecular weight excluding hydrogens is 415 g/mol. The van der Waals surface area contributed by atoms with Gasteiger partial charge in [0.15, 0.2) is 22.6 Å². The molecule has 1 aliphatic rings. The molecule has 3 aromatic rings. The second-order valence-corrected chi connectivity index (χ2v) is 7.46. The van der Waals surface area contributed by atoms with Crippen molar-refractivity contribution in [2.75, 3.05) is 13.2 Å². The summed E-state index contributed by atoms with van der Waals surface area (Å²) in [6.07, 6.45) is 0.794. The van der Waals surface area contributed by atoms with Gasteiger partial charge in [-0.25, -0.2) is 4.39 Å². The molecule has 0 radical (unpaired) electrons. The molecule has 1 fully saturated rings. The van der Waals surface area contributed by atoms with Gasteiger partial charge < -0.3 is 19.0 Å². The Balaban J connectivity index is 1.51. The molecule has 4 rings (SSSR count). The zero-order valence-electron chi connectivity index (χ0n) is 15.8. The van der Waals surface area contributed by atoms with Crippen LogP contribution in [0.5, 0.6) is 5.75 Å². The quantitative estimate of drug-likeness (QED) is 0.553. The molecule has 1 aromatic heterocycles. The highest BCUT2D eigenvalue weighted by atomic mass is 35.5. The number of fused-ring (bicyclic) bond motifs is 1. The Labute approximate surface area is 175 Å². The summed E-state index contributed by atoms with van der Waals surface area (Å²) in [4.78, 5) is 23.3. The maximum absolute atomic E-state index is 14.5. The fourth-order valence-electron chi connectivity index (χ4n) is 3.39. The number of aliphatic carboxylic acids is 1. The topological polar surface area (TPSA) is 86.0 Å². The molecule has 0 atom stereocenters. The number of ether oxygens (including phenoxy) is 2. The van der Waals surface area contributed by atoms with Crippen molar-refractivity contribution in [2.24, 2.45) is 5.92 Å². The summed E-state index contributed by atoms with van der Waals surface area (Å²) in [6, 6.07) is 10.5. The normalized spacial score (nSPS) is 18.2. The Kier molecular flexibility index (Phi) is 5.74. The van der Waals surface area contributed by atoms with Crippen molar-refractivity contribution in [3.63, 3.8) is 0 Å². The Morgan fingerprint density at radius 2 is 1.97 bits per heavy atom. The fraction of sp³-hybridized carbons (Fsp3) is 0.273. The van der Waals surface area contributed by atoms with Crippen LogP contribution in [0.15, 0.2) is 51.7 Å². The standard InChI is InChI=1S/C22H18ClFO6/c23-16-5-1-3-14-18(25)11-19(30-20(14)16)15-4-2-6-17(24)21(15)29-8-7-28-13-9-12(10-13)22(26)27/h1-6,11-13H,7-10H2,(H,26,27). The minimum Gasteiger partial charge on any atom is -0.487 e. The van der Waals surface area contributed by atoms with Crippen LogP contribution in [0.25, 0.3) is 22.3 Å². The number of hydrogen-bond acceptors (Lipinski definition) is 5. The van der Waals surface area contributed by atoms with Crippen LogP contribution in [0.4, 0.5) is 4.39 Å². The lowest BCUT2D eigenvalue weighted by Crippen LogP contribution is -2.37. The zero-order valence-corrected chi connectivity index (χ0v) is 16.5. The lowest BCUT2D eigenvalue weighted by Gasteiger charge is -2.32. The average Bonchev–Trinajstić information content (AvgIpc) is 2.67. The monoisotopic (exact) mass is 432 g/mol. The van der Waals surface area contributed by atoms with E-state index in [1.54, 1.807) is 24.3 Å². The highest BCUT2D eigenvalue weighted by molar-refractivity contribution is 6.34. The summed E-state index contributed by atoms with van der Waals surface area (Å²) in [5.74, 6) is -1.72. The second-order valence-electron chi connectivity index (χ2n) is 7.06. The third-order valence-corrected chi connectivity index (χ3v) is 5.36. The predicted octanol–water partition coefficient (Wildman–Crippen LogP) is 4.51. The van der Waals surface area contributed by atoms with Gasteiger partial charge in [-0.05, 0) is 37.1 Å². The van der Waals surface area contributed by atoms with E-state index < -0.39 is 11.8 Å². The number of carboxylic acids is 1. The molecule has 0 amide bonds. The van der Waals surface area contributed by atoms with Crippen LogP contribution in [0, 0.1) is 11.7 Å². The Morgan fingerprint density at radius 3 is 2.73 bits per heavy atom. The summed E-state index contributed by atoms with van der Waals surface area (Å²) in [5, 5.41) is 9.49. The summed E-state index contributed by atoms with van der Waals surface area (Å²) in [7, 11) is 0. The van der Waals surface area contributed by atoms with Crippen molar-refractivity contribution in [1.29, 1.82) is 0 Å². The molecule has 0 saturated heterocycles. The SMILES string of the molecule is O=C(O)C1CC(OCCOc2c(F)cccc2-c2cc(=O)c3cccc(Cl)c3o2)C1. The minimum atomic E-state index is -0.820. The molecule has 1 N–H and O–H groups in total. The molecule has 0 unspecified atom stereocenters. The van der Waals surface area contributed by atoms with Crippen LogP contribution in [0.2, 0.25) is 5.02 Å². The van der Waals surface area contributed by atoms with Crippen LogP contribution in [-0.4, -0.2) is 30.4 Å². The van der Waals surface area contributed by atoms with Crippen LogP contribution < -0.4 is 10.2 Å². The number of carbonyl (C=O) groups is 1. The van der Waals surface area contributed by atoms with Gasteiger partial charge in [-0.1, -0.05) is 23.7 Å². The predicted molar refractivity (Wildman–Crippen MR) is 108 cm³/mol. The smallest absolute Gasteiger partial charge is 0.306 e. The van der Waals surface area contributed by atoms with Crippen LogP contribution in [-0.2, 0) is 9.53 Å². The van der Waals surface area contributed by atoms with Crippen molar-refractivity contribution in [1.82, 2.24) is 0 Å².